The zero-order chi connectivity index (χ0) is 5.15. The third-order valence-electron chi connectivity index (χ3n) is 0. The van der Waals surface area contributed by atoms with Gasteiger partial charge in [0.2, 0.25) is 5.91 Å². The molecule has 0 bridgehead atoms. The molecule has 0 unspecified atom stereocenters. The molecular formula is C2H5NO. The van der Waals surface area contributed by atoms with Crippen LogP contribution in [0, 0.1) is 0 Å². The van der Waals surface area contributed by atoms with E-state index in [1.807, 2.05) is 0 Å². The van der Waals surface area contributed by atoms with Gasteiger partial charge in [-0.25, -0.2) is 0 Å². The van der Waals surface area contributed by atoms with Crippen molar-refractivity contribution in [1.29, 1.82) is 0 Å². The van der Waals surface area contributed by atoms with Crippen LogP contribution in [0.3, 0.4) is 0 Å². The van der Waals surface area contributed by atoms with E-state index in [2.05, 4.69) is 0 Å². The van der Waals surface area contributed by atoms with Gasteiger partial charge in [0.1, 0.15) is 0 Å². The van der Waals surface area contributed by atoms with Gasteiger partial charge in [-0.1, -0.05) is 0 Å². The maximum Gasteiger partial charge on any atom is 0.214 e. The molecule has 0 aliphatic heterocycles. The fourth-order valence-electron chi connectivity index (χ4n) is 0. The van der Waals surface area contributed by atoms with Gasteiger partial charge < -0.3 is 5.72 Å². The van der Waals surface area contributed by atoms with Crippen molar-refractivity contribution in [2.45, 2.75) is 6.92 Å². The first kappa shape index (κ1) is 1.06. The standard InChI is InChI=1S/C2H5NO/c1-2(3)4/h1H3,(H2,3,4)/i/hD2. The van der Waals surface area contributed by atoms with Gasteiger partial charge in [-0.3, -0.25) is 4.79 Å². The molecule has 0 fully saturated rings. The number of hydrogen-bond donors (Lipinski definition) is 1. The van der Waals surface area contributed by atoms with Crippen molar-refractivity contribution in [3.05, 3.63) is 0 Å². The monoisotopic (exact) mass is 61.0 g/mol. The van der Waals surface area contributed by atoms with Crippen LogP contribution < -0.4 is 5.72 Å². The Morgan fingerprint density at radius 1 is 2.50 bits per heavy atom. The van der Waals surface area contributed by atoms with Gasteiger partial charge in [0, 0.05) is 6.92 Å². The smallest absolute Gasteiger partial charge is 0.214 e. The van der Waals surface area contributed by atoms with Gasteiger partial charge >= 0.3 is 0 Å². The van der Waals surface area contributed by atoms with E-state index in [0.717, 1.165) is 6.92 Å². The highest BCUT2D eigenvalue weighted by atomic mass is 16.1. The fourth-order valence-corrected chi connectivity index (χ4v) is 0. The van der Waals surface area contributed by atoms with Crippen molar-refractivity contribution in [2.75, 3.05) is 0 Å². The molecule has 2 heteroatoms. The molecule has 0 heterocycles. The summed E-state index contributed by atoms with van der Waals surface area (Å²) in [6.45, 7) is 1.15. The highest BCUT2D eigenvalue weighted by molar-refractivity contribution is 5.70. The average molecular weight is 61.1 g/mol. The molecule has 0 aromatic carbocycles. The van der Waals surface area contributed by atoms with Gasteiger partial charge in [0.15, 0.2) is 2.82 Å². The maximum atomic E-state index is 9.69. The van der Waals surface area contributed by atoms with Crippen LogP contribution in [0.5, 0.6) is 0 Å². The Morgan fingerprint density at radius 3 is 2.75 bits per heavy atom. The summed E-state index contributed by atoms with van der Waals surface area (Å²) in [5.74, 6) is -0.574. The first-order valence-corrected chi connectivity index (χ1v) is 0.928. The van der Waals surface area contributed by atoms with Crippen LogP contribution in [0.25, 0.3) is 0 Å². The zero-order valence-corrected chi connectivity index (χ0v) is 2.36. The summed E-state index contributed by atoms with van der Waals surface area (Å²) >= 11 is 0. The van der Waals surface area contributed by atoms with E-state index in [0.29, 0.717) is 0 Å². The molecule has 1 amide bonds. The third kappa shape index (κ3) is 1.16. The molecule has 0 aliphatic carbocycles. The first-order chi connectivity index (χ1) is 2.64. The van der Waals surface area contributed by atoms with Crippen molar-refractivity contribution < 1.29 is 7.62 Å². The molecule has 0 radical (unpaired) electrons. The molecule has 0 saturated heterocycles. The van der Waals surface area contributed by atoms with Crippen molar-refractivity contribution in [2.24, 2.45) is 5.72 Å². The first-order valence-electron chi connectivity index (χ1n) is 1.82. The van der Waals surface area contributed by atoms with E-state index in [1.54, 1.807) is 0 Å². The summed E-state index contributed by atoms with van der Waals surface area (Å²) < 4.78 is 12.4. The van der Waals surface area contributed by atoms with Crippen LogP contribution in [0.1, 0.15) is 6.92 Å². The minimum absolute atomic E-state index is 0.0278. The van der Waals surface area contributed by atoms with Crippen LogP contribution >= 0.6 is 0 Å². The van der Waals surface area contributed by atoms with Crippen molar-refractivity contribution >= 4 is 5.91 Å². The second-order valence-electron chi connectivity index (χ2n) is 0.519. The second-order valence-corrected chi connectivity index (χ2v) is 0.519. The number of amides is 1. The third-order valence-corrected chi connectivity index (χ3v) is 0. The zero-order valence-electron chi connectivity index (χ0n) is 4.36. The number of carbonyl (C=O) groups excluding carboxylic acids is 1. The molecule has 0 spiro atoms. The molecule has 0 saturated carbocycles. The minimum atomic E-state index is -0.574. The number of nitrogens with two attached hydrogens (primary N) is 1. The van der Waals surface area contributed by atoms with Crippen LogP contribution in [-0.2, 0) is 4.79 Å². The molecular weight excluding hydrogens is 54.0 g/mol. The Morgan fingerprint density at radius 2 is 2.75 bits per heavy atom. The highest BCUT2D eigenvalue weighted by Crippen LogP contribution is 1.33. The van der Waals surface area contributed by atoms with Gasteiger partial charge in [0.25, 0.3) is 0 Å². The number of rotatable bonds is 0. The Bertz CT molecular complexity index is 62.6. The number of carbonyl (C=O) groups is 1. The van der Waals surface area contributed by atoms with Gasteiger partial charge in [-0.05, 0) is 0 Å². The summed E-state index contributed by atoms with van der Waals surface area (Å²) in [4.78, 5) is 9.69. The lowest BCUT2D eigenvalue weighted by molar-refractivity contribution is -0.115. The van der Waals surface area contributed by atoms with E-state index in [-0.39, 0.29) is 5.72 Å². The topological polar surface area (TPSA) is 43.1 Å². The Kier molecular flexibility index (Phi) is 0.232. The lowest BCUT2D eigenvalue weighted by atomic mass is 10.8. The van der Waals surface area contributed by atoms with Gasteiger partial charge in [0.05, 0.1) is 0 Å². The Labute approximate surface area is 27.5 Å². The van der Waals surface area contributed by atoms with Crippen LogP contribution in [0.2, 0.25) is 2.82 Å². The fraction of sp³-hybridized carbons (Fsp3) is 0.500. The molecule has 2 N–H and O–H groups in total. The predicted octanol–water partition coefficient (Wildman–Crippen LogP) is -0.508. The van der Waals surface area contributed by atoms with E-state index in [9.17, 15) is 4.79 Å². The summed E-state index contributed by atoms with van der Waals surface area (Å²) in [6, 6.07) is 0. The predicted molar refractivity (Wildman–Crippen MR) is 14.9 cm³/mol. The number of hydrogen-bond acceptors (Lipinski definition) is 1. The van der Waals surface area contributed by atoms with E-state index in [4.69, 9.17) is 2.82 Å². The molecule has 0 aromatic heterocycles. The molecule has 24 valence electrons. The maximum absolute atomic E-state index is 9.69. The summed E-state index contributed by atoms with van der Waals surface area (Å²) in [7, 11) is 0. The van der Waals surface area contributed by atoms with E-state index >= 15 is 0 Å². The van der Waals surface area contributed by atoms with Crippen molar-refractivity contribution in [3.8, 4) is 0 Å². The molecule has 4 heavy (non-hydrogen) atoms. The summed E-state index contributed by atoms with van der Waals surface area (Å²) in [6.07, 6.45) is 0. The van der Waals surface area contributed by atoms with E-state index in [1.165, 1.54) is 0 Å². The minimum Gasteiger partial charge on any atom is -0.370 e. The highest BCUT2D eigenvalue weighted by Gasteiger charge is 1.61. The van der Waals surface area contributed by atoms with E-state index < -0.39 is 5.91 Å². The summed E-state index contributed by atoms with van der Waals surface area (Å²) in [5, 5.41) is 0. The molecule has 0 aliphatic rings. The van der Waals surface area contributed by atoms with Gasteiger partial charge in [-0.2, -0.15) is 0 Å². The second kappa shape index (κ2) is 0.875. The van der Waals surface area contributed by atoms with Crippen LogP contribution in [-0.4, -0.2) is 5.91 Å². The molecule has 2 nitrogen and oxygen atoms in total. The molecule has 0 rings (SSSR count). The quantitative estimate of drug-likeness (QED) is 0.403. The Hall–Kier alpha value is -0.530. The SMILES string of the molecule is [2H]N([2H])C(C)=O. The largest absolute Gasteiger partial charge is 0.370 e. The average Bonchev–Trinajstić information content (AvgIpc) is 1.36. The molecule has 0 atom stereocenters. The normalized spacial score (nSPS) is 12.2. The lowest BCUT2D eigenvalue weighted by Crippen LogP contribution is -2.01. The van der Waals surface area contributed by atoms with Gasteiger partial charge in [-0.15, -0.1) is 0 Å². The van der Waals surface area contributed by atoms with Crippen molar-refractivity contribution in [3.63, 3.8) is 0 Å². The summed E-state index contributed by atoms with van der Waals surface area (Å²) in [5.41, 5.74) is 0.0278. The van der Waals surface area contributed by atoms with Crippen molar-refractivity contribution in [1.82, 2.24) is 0 Å². The Balaban J connectivity index is 3.26. The molecule has 0 aromatic rings. The van der Waals surface area contributed by atoms with Crippen LogP contribution in [0.4, 0.5) is 0 Å². The lowest BCUT2D eigenvalue weighted by Gasteiger charge is -1.60. The number of primary amides is 1. The van der Waals surface area contributed by atoms with Crippen LogP contribution in [0.15, 0.2) is 0 Å².